The standard InChI is InChI=1S/C10H18N2O2S/c11-8-9-15(13,14)12-10-6-4-2-1-3-5-7-10/h10,12H,1-7,9H2. The van der Waals surface area contributed by atoms with Crippen molar-refractivity contribution >= 4 is 10.0 Å². The molecule has 0 aromatic carbocycles. The van der Waals surface area contributed by atoms with E-state index in [0.717, 1.165) is 25.7 Å². The summed E-state index contributed by atoms with van der Waals surface area (Å²) >= 11 is 0. The van der Waals surface area contributed by atoms with Gasteiger partial charge in [0.15, 0.2) is 5.75 Å². The molecule has 1 rings (SSSR count). The van der Waals surface area contributed by atoms with Crippen LogP contribution >= 0.6 is 0 Å². The number of rotatable bonds is 3. The zero-order valence-electron chi connectivity index (χ0n) is 8.91. The molecule has 0 bridgehead atoms. The van der Waals surface area contributed by atoms with E-state index in [0.29, 0.717) is 0 Å². The third-order valence-corrected chi connectivity index (χ3v) is 3.91. The van der Waals surface area contributed by atoms with Gasteiger partial charge >= 0.3 is 0 Å². The molecule has 0 aromatic rings. The first kappa shape index (κ1) is 12.5. The van der Waals surface area contributed by atoms with Crippen LogP contribution in [0.15, 0.2) is 0 Å². The molecule has 0 unspecified atom stereocenters. The van der Waals surface area contributed by atoms with Gasteiger partial charge in [-0.25, -0.2) is 13.1 Å². The fraction of sp³-hybridized carbons (Fsp3) is 0.900. The van der Waals surface area contributed by atoms with Crippen molar-refractivity contribution in [2.24, 2.45) is 0 Å². The van der Waals surface area contributed by atoms with Crippen LogP contribution in [0.5, 0.6) is 0 Å². The highest BCUT2D eigenvalue weighted by molar-refractivity contribution is 7.89. The molecule has 0 aromatic heterocycles. The van der Waals surface area contributed by atoms with E-state index in [1.807, 2.05) is 0 Å². The molecule has 0 amide bonds. The minimum atomic E-state index is -3.37. The Morgan fingerprint density at radius 2 is 1.67 bits per heavy atom. The number of nitrogens with one attached hydrogen (secondary N) is 1. The van der Waals surface area contributed by atoms with Gasteiger partial charge < -0.3 is 0 Å². The molecule has 0 aliphatic heterocycles. The lowest BCUT2D eigenvalue weighted by atomic mass is 9.97. The predicted octanol–water partition coefficient (Wildman–Crippen LogP) is 1.54. The summed E-state index contributed by atoms with van der Waals surface area (Å²) < 4.78 is 25.3. The van der Waals surface area contributed by atoms with Crippen molar-refractivity contribution in [3.8, 4) is 6.07 Å². The monoisotopic (exact) mass is 230 g/mol. The summed E-state index contributed by atoms with van der Waals surface area (Å²) in [7, 11) is -3.37. The minimum Gasteiger partial charge on any atom is -0.211 e. The maximum absolute atomic E-state index is 11.4. The first-order valence-corrected chi connectivity index (χ1v) is 7.16. The molecule has 0 atom stereocenters. The van der Waals surface area contributed by atoms with Crippen LogP contribution in [0.4, 0.5) is 0 Å². The SMILES string of the molecule is N#CCS(=O)(=O)NC1CCCCCCC1. The molecule has 86 valence electrons. The van der Waals surface area contributed by atoms with Gasteiger partial charge in [-0.05, 0) is 12.8 Å². The zero-order chi connectivity index (χ0) is 11.1. The Morgan fingerprint density at radius 1 is 1.13 bits per heavy atom. The van der Waals surface area contributed by atoms with Gasteiger partial charge in [0, 0.05) is 6.04 Å². The van der Waals surface area contributed by atoms with Crippen LogP contribution in [-0.2, 0) is 10.0 Å². The summed E-state index contributed by atoms with van der Waals surface area (Å²) in [5.74, 6) is -0.427. The summed E-state index contributed by atoms with van der Waals surface area (Å²) in [6.07, 6.45) is 7.62. The Bertz CT molecular complexity index is 311. The summed E-state index contributed by atoms with van der Waals surface area (Å²) in [4.78, 5) is 0. The van der Waals surface area contributed by atoms with Crippen molar-refractivity contribution in [2.75, 3.05) is 5.75 Å². The van der Waals surface area contributed by atoms with Crippen molar-refractivity contribution < 1.29 is 8.42 Å². The van der Waals surface area contributed by atoms with Crippen molar-refractivity contribution in [3.63, 3.8) is 0 Å². The average Bonchev–Trinajstić information content (AvgIpc) is 2.09. The lowest BCUT2D eigenvalue weighted by Crippen LogP contribution is -2.36. The second-order valence-corrected chi connectivity index (χ2v) is 5.83. The number of nitriles is 1. The van der Waals surface area contributed by atoms with E-state index in [-0.39, 0.29) is 6.04 Å². The third kappa shape index (κ3) is 5.14. The zero-order valence-corrected chi connectivity index (χ0v) is 9.72. The molecular formula is C10H18N2O2S. The largest absolute Gasteiger partial charge is 0.225 e. The Labute approximate surface area is 91.7 Å². The summed E-state index contributed by atoms with van der Waals surface area (Å²) in [5, 5.41) is 8.36. The number of nitrogens with zero attached hydrogens (tertiary/aromatic N) is 1. The Morgan fingerprint density at radius 3 is 2.20 bits per heavy atom. The Balaban J connectivity index is 2.45. The Hall–Kier alpha value is -0.600. The van der Waals surface area contributed by atoms with Crippen molar-refractivity contribution in [2.45, 2.75) is 51.0 Å². The molecule has 1 aliphatic carbocycles. The predicted molar refractivity (Wildman–Crippen MR) is 58.6 cm³/mol. The maximum atomic E-state index is 11.4. The molecule has 1 fully saturated rings. The molecule has 0 spiro atoms. The van der Waals surface area contributed by atoms with E-state index < -0.39 is 15.8 Å². The van der Waals surface area contributed by atoms with E-state index in [1.165, 1.54) is 19.3 Å². The van der Waals surface area contributed by atoms with Gasteiger partial charge in [0.25, 0.3) is 0 Å². The quantitative estimate of drug-likeness (QED) is 0.799. The number of hydrogen-bond donors (Lipinski definition) is 1. The van der Waals surface area contributed by atoms with Crippen molar-refractivity contribution in [1.29, 1.82) is 5.26 Å². The molecule has 5 heteroatoms. The summed E-state index contributed by atoms with van der Waals surface area (Å²) in [6, 6.07) is 1.72. The van der Waals surface area contributed by atoms with E-state index in [9.17, 15) is 8.42 Å². The average molecular weight is 230 g/mol. The van der Waals surface area contributed by atoms with Crippen molar-refractivity contribution in [1.82, 2.24) is 4.72 Å². The second-order valence-electron chi connectivity index (χ2n) is 4.08. The molecule has 1 N–H and O–H groups in total. The first-order chi connectivity index (χ1) is 7.14. The van der Waals surface area contributed by atoms with Gasteiger partial charge in [0.05, 0.1) is 6.07 Å². The highest BCUT2D eigenvalue weighted by Gasteiger charge is 2.18. The number of sulfonamides is 1. The fourth-order valence-corrected chi connectivity index (χ4v) is 2.95. The molecular weight excluding hydrogens is 212 g/mol. The third-order valence-electron chi connectivity index (χ3n) is 2.71. The maximum Gasteiger partial charge on any atom is 0.225 e. The molecule has 1 saturated carbocycles. The lowest BCUT2D eigenvalue weighted by molar-refractivity contribution is 0.427. The molecule has 0 heterocycles. The van der Waals surface area contributed by atoms with Crippen molar-refractivity contribution in [3.05, 3.63) is 0 Å². The topological polar surface area (TPSA) is 70.0 Å². The van der Waals surface area contributed by atoms with Crippen LogP contribution < -0.4 is 4.72 Å². The van der Waals surface area contributed by atoms with Gasteiger partial charge in [-0.3, -0.25) is 0 Å². The first-order valence-electron chi connectivity index (χ1n) is 5.51. The van der Waals surface area contributed by atoms with Crippen LogP contribution in [-0.4, -0.2) is 20.2 Å². The summed E-state index contributed by atoms with van der Waals surface area (Å²) in [6.45, 7) is 0. The van der Waals surface area contributed by atoms with Crippen LogP contribution in [0.1, 0.15) is 44.9 Å². The van der Waals surface area contributed by atoms with Gasteiger partial charge in [-0.1, -0.05) is 32.1 Å². The van der Waals surface area contributed by atoms with Crippen LogP contribution in [0, 0.1) is 11.3 Å². The van der Waals surface area contributed by atoms with E-state index in [1.54, 1.807) is 6.07 Å². The molecule has 1 aliphatic rings. The lowest BCUT2D eigenvalue weighted by Gasteiger charge is -2.20. The van der Waals surface area contributed by atoms with E-state index in [2.05, 4.69) is 4.72 Å². The van der Waals surface area contributed by atoms with E-state index >= 15 is 0 Å². The normalized spacial score (nSPS) is 20.2. The summed E-state index contributed by atoms with van der Waals surface area (Å²) in [5.41, 5.74) is 0. The van der Waals surface area contributed by atoms with Gasteiger partial charge in [-0.15, -0.1) is 0 Å². The van der Waals surface area contributed by atoms with Gasteiger partial charge in [0.1, 0.15) is 0 Å². The number of hydrogen-bond acceptors (Lipinski definition) is 3. The molecule has 15 heavy (non-hydrogen) atoms. The highest BCUT2D eigenvalue weighted by atomic mass is 32.2. The second kappa shape index (κ2) is 6.09. The van der Waals surface area contributed by atoms with E-state index in [4.69, 9.17) is 5.26 Å². The molecule has 0 radical (unpaired) electrons. The smallest absolute Gasteiger partial charge is 0.211 e. The van der Waals surface area contributed by atoms with Gasteiger partial charge in [-0.2, -0.15) is 5.26 Å². The fourth-order valence-electron chi connectivity index (χ4n) is 1.95. The minimum absolute atomic E-state index is 0.0450. The Kier molecular flexibility index (Phi) is 5.06. The van der Waals surface area contributed by atoms with Crippen LogP contribution in [0.2, 0.25) is 0 Å². The van der Waals surface area contributed by atoms with Crippen LogP contribution in [0.25, 0.3) is 0 Å². The van der Waals surface area contributed by atoms with Crippen LogP contribution in [0.3, 0.4) is 0 Å². The van der Waals surface area contributed by atoms with Gasteiger partial charge in [0.2, 0.25) is 10.0 Å². The molecule has 0 saturated heterocycles. The molecule has 4 nitrogen and oxygen atoms in total. The highest BCUT2D eigenvalue weighted by Crippen LogP contribution is 2.17.